The second-order valence-electron chi connectivity index (χ2n) is 3.73. The fourth-order valence-electron chi connectivity index (χ4n) is 1.56. The minimum atomic E-state index is -1.19. The summed E-state index contributed by atoms with van der Waals surface area (Å²) in [7, 11) is 0. The van der Waals surface area contributed by atoms with Crippen molar-refractivity contribution in [3.63, 3.8) is 0 Å². The number of benzene rings is 2. The number of hydrogen-bond donors (Lipinski definition) is 2. The molecule has 0 radical (unpaired) electrons. The molecule has 0 spiro atoms. The highest BCUT2D eigenvalue weighted by Crippen LogP contribution is 2.27. The Kier molecular flexibility index (Phi) is 4.54. The van der Waals surface area contributed by atoms with Crippen molar-refractivity contribution in [2.45, 2.75) is 0 Å². The van der Waals surface area contributed by atoms with E-state index >= 15 is 0 Å². The van der Waals surface area contributed by atoms with Crippen LogP contribution in [0.4, 0.5) is 25.0 Å². The van der Waals surface area contributed by atoms with E-state index in [0.717, 1.165) is 23.2 Å². The molecule has 2 N–H and O–H groups in total. The lowest BCUT2D eigenvalue weighted by Crippen LogP contribution is -2.30. The van der Waals surface area contributed by atoms with Crippen molar-refractivity contribution in [3.05, 3.63) is 60.2 Å². The number of rotatable bonds is 4. The van der Waals surface area contributed by atoms with E-state index in [-0.39, 0.29) is 5.69 Å². The molecule has 20 heavy (non-hydrogen) atoms. The predicted octanol–water partition coefficient (Wildman–Crippen LogP) is 3.93. The molecule has 0 aliphatic rings. The molecule has 0 fully saturated rings. The van der Waals surface area contributed by atoms with Crippen LogP contribution in [0.1, 0.15) is 0 Å². The fourth-order valence-corrected chi connectivity index (χ4v) is 1.93. The highest BCUT2D eigenvalue weighted by Gasteiger charge is 2.16. The first-order valence-electron chi connectivity index (χ1n) is 5.53. The van der Waals surface area contributed by atoms with Gasteiger partial charge >= 0.3 is 5.30 Å². The van der Waals surface area contributed by atoms with Gasteiger partial charge in [0.15, 0.2) is 0 Å². The maximum Gasteiger partial charge on any atom is 0.381 e. The predicted molar refractivity (Wildman–Crippen MR) is 73.7 cm³/mol. The summed E-state index contributed by atoms with van der Waals surface area (Å²) < 4.78 is 27.1. The van der Waals surface area contributed by atoms with Gasteiger partial charge in [-0.2, -0.15) is 4.83 Å². The van der Waals surface area contributed by atoms with E-state index in [4.69, 9.17) is 5.11 Å². The fraction of sp³-hybridized carbons (Fsp3) is 0. The van der Waals surface area contributed by atoms with Crippen molar-refractivity contribution in [1.82, 2.24) is 4.83 Å². The molecule has 4 nitrogen and oxygen atoms in total. The molecule has 0 saturated carbocycles. The Labute approximate surface area is 118 Å². The number of nitrogens with zero attached hydrogens (tertiary/aromatic N) is 1. The Balaban J connectivity index is 2.40. The first-order chi connectivity index (χ1) is 9.58. The molecule has 0 unspecified atom stereocenters. The van der Waals surface area contributed by atoms with E-state index in [2.05, 4.69) is 4.83 Å². The van der Waals surface area contributed by atoms with Crippen molar-refractivity contribution in [2.75, 3.05) is 5.01 Å². The van der Waals surface area contributed by atoms with Crippen molar-refractivity contribution in [1.29, 1.82) is 0 Å². The molecule has 7 heteroatoms. The lowest BCUT2D eigenvalue weighted by molar-refractivity contribution is 0.222. The first-order valence-corrected chi connectivity index (χ1v) is 6.35. The van der Waals surface area contributed by atoms with Crippen LogP contribution in [0, 0.1) is 11.6 Å². The molecular weight excluding hydrogens is 286 g/mol. The van der Waals surface area contributed by atoms with Gasteiger partial charge in [-0.05, 0) is 24.3 Å². The Morgan fingerprint density at radius 2 is 1.85 bits per heavy atom. The van der Waals surface area contributed by atoms with Crippen LogP contribution in [0.25, 0.3) is 0 Å². The van der Waals surface area contributed by atoms with Crippen molar-refractivity contribution < 1.29 is 18.7 Å². The number of carboxylic acid groups (broad SMARTS) is 1. The molecule has 0 bridgehead atoms. The minimum Gasteiger partial charge on any atom is -0.472 e. The monoisotopic (exact) mass is 296 g/mol. The summed E-state index contributed by atoms with van der Waals surface area (Å²) in [5, 5.41) is 8.66. The number of hydrogen-bond acceptors (Lipinski definition) is 4. The Morgan fingerprint density at radius 3 is 2.50 bits per heavy atom. The third-order valence-corrected chi connectivity index (χ3v) is 2.84. The average Bonchev–Trinajstić information content (AvgIpc) is 2.43. The summed E-state index contributed by atoms with van der Waals surface area (Å²) in [4.78, 5) is 13.1. The molecule has 2 aromatic carbocycles. The van der Waals surface area contributed by atoms with Crippen LogP contribution in [0.15, 0.2) is 48.5 Å². The van der Waals surface area contributed by atoms with E-state index in [0.29, 0.717) is 17.6 Å². The molecule has 0 aliphatic heterocycles. The number of para-hydroxylation sites is 1. The number of anilines is 2. The summed E-state index contributed by atoms with van der Waals surface area (Å²) in [5.74, 6) is -1.29. The quantitative estimate of drug-likeness (QED) is 0.661. The SMILES string of the molecule is O=C(O)SNN(c1ccccc1)c1cc(F)ccc1F. The van der Waals surface area contributed by atoms with E-state index in [9.17, 15) is 13.6 Å². The maximum atomic E-state index is 13.8. The van der Waals surface area contributed by atoms with Gasteiger partial charge in [0.2, 0.25) is 0 Å². The van der Waals surface area contributed by atoms with E-state index in [1.54, 1.807) is 30.3 Å². The van der Waals surface area contributed by atoms with Gasteiger partial charge in [0, 0.05) is 6.07 Å². The molecule has 104 valence electrons. The summed E-state index contributed by atoms with van der Waals surface area (Å²) >= 11 is 0.347. The molecule has 0 amide bonds. The van der Waals surface area contributed by atoms with Gasteiger partial charge in [-0.3, -0.25) is 5.01 Å². The van der Waals surface area contributed by atoms with Gasteiger partial charge in [0.1, 0.15) is 11.6 Å². The van der Waals surface area contributed by atoms with Gasteiger partial charge < -0.3 is 5.11 Å². The van der Waals surface area contributed by atoms with Gasteiger partial charge in [-0.15, -0.1) is 0 Å². The van der Waals surface area contributed by atoms with Gasteiger partial charge in [0.25, 0.3) is 0 Å². The average molecular weight is 296 g/mol. The molecule has 0 saturated heterocycles. The second kappa shape index (κ2) is 6.36. The maximum absolute atomic E-state index is 13.8. The third-order valence-electron chi connectivity index (χ3n) is 2.39. The van der Waals surface area contributed by atoms with Gasteiger partial charge in [-0.25, -0.2) is 13.6 Å². The topological polar surface area (TPSA) is 52.6 Å². The zero-order valence-corrected chi connectivity index (χ0v) is 10.9. The largest absolute Gasteiger partial charge is 0.472 e. The highest BCUT2D eigenvalue weighted by molar-refractivity contribution is 8.11. The third kappa shape index (κ3) is 3.46. The lowest BCUT2D eigenvalue weighted by Gasteiger charge is -2.24. The summed E-state index contributed by atoms with van der Waals surface area (Å²) in [5.41, 5.74) is 0.371. The molecule has 2 aromatic rings. The van der Waals surface area contributed by atoms with Gasteiger partial charge in [-0.1, -0.05) is 18.2 Å². The summed E-state index contributed by atoms with van der Waals surface area (Å²) in [6.07, 6.45) is 0. The number of hydrazine groups is 1. The van der Waals surface area contributed by atoms with E-state index in [1.165, 1.54) is 0 Å². The Bertz CT molecular complexity index is 611. The molecular formula is C13H10F2N2O2S. The van der Waals surface area contributed by atoms with E-state index in [1.807, 2.05) is 0 Å². The lowest BCUT2D eigenvalue weighted by atomic mass is 10.2. The van der Waals surface area contributed by atoms with Gasteiger partial charge in [0.05, 0.1) is 23.3 Å². The standard InChI is InChI=1S/C13H10F2N2O2S/c14-9-6-7-11(15)12(8-9)17(16-20-13(18)19)10-4-2-1-3-5-10/h1-8,16H,(H,18,19). The second-order valence-corrected chi connectivity index (χ2v) is 4.46. The van der Waals surface area contributed by atoms with Crippen molar-refractivity contribution >= 4 is 28.6 Å². The summed E-state index contributed by atoms with van der Waals surface area (Å²) in [6, 6.07) is 11.4. The molecule has 0 aliphatic carbocycles. The van der Waals surface area contributed by atoms with Crippen molar-refractivity contribution in [3.8, 4) is 0 Å². The zero-order chi connectivity index (χ0) is 14.5. The van der Waals surface area contributed by atoms with Crippen LogP contribution >= 0.6 is 11.9 Å². The number of carbonyl (C=O) groups is 1. The highest BCUT2D eigenvalue weighted by atomic mass is 32.2. The number of nitrogens with one attached hydrogen (secondary N) is 1. The van der Waals surface area contributed by atoms with Crippen molar-refractivity contribution in [2.24, 2.45) is 0 Å². The normalized spacial score (nSPS) is 10.3. The smallest absolute Gasteiger partial charge is 0.381 e. The van der Waals surface area contributed by atoms with E-state index < -0.39 is 16.9 Å². The molecule has 0 atom stereocenters. The number of halogens is 2. The first kappa shape index (κ1) is 14.3. The summed E-state index contributed by atoms with van der Waals surface area (Å²) in [6.45, 7) is 0. The molecule has 0 aromatic heterocycles. The van der Waals surface area contributed by atoms with Crippen LogP contribution in [-0.2, 0) is 0 Å². The van der Waals surface area contributed by atoms with Crippen LogP contribution < -0.4 is 9.84 Å². The van der Waals surface area contributed by atoms with Crippen LogP contribution in [0.3, 0.4) is 0 Å². The van der Waals surface area contributed by atoms with Crippen LogP contribution in [0.2, 0.25) is 0 Å². The Morgan fingerprint density at radius 1 is 1.15 bits per heavy atom. The molecule has 0 heterocycles. The minimum absolute atomic E-state index is 0.107. The Hall–Kier alpha value is -2.12. The van der Waals surface area contributed by atoms with Crippen LogP contribution in [0.5, 0.6) is 0 Å². The van der Waals surface area contributed by atoms with Crippen LogP contribution in [-0.4, -0.2) is 10.4 Å². The zero-order valence-electron chi connectivity index (χ0n) is 10.1. The molecule has 2 rings (SSSR count).